The van der Waals surface area contributed by atoms with Gasteiger partial charge >= 0.3 is 0 Å². The first-order chi connectivity index (χ1) is 6.11. The van der Waals surface area contributed by atoms with Crippen LogP contribution in [0.1, 0.15) is 18.9 Å². The fourth-order valence-electron chi connectivity index (χ4n) is 1.94. The van der Waals surface area contributed by atoms with Gasteiger partial charge in [0.2, 0.25) is 0 Å². The third-order valence-electron chi connectivity index (χ3n) is 2.90. The van der Waals surface area contributed by atoms with Crippen LogP contribution in [0.5, 0.6) is 0 Å². The Bertz CT molecular complexity index is 318. The number of benzene rings is 1. The molecule has 0 bridgehead atoms. The van der Waals surface area contributed by atoms with Gasteiger partial charge < -0.3 is 10.6 Å². The molecule has 0 aromatic heterocycles. The van der Waals surface area contributed by atoms with E-state index in [2.05, 4.69) is 43.1 Å². The van der Waals surface area contributed by atoms with Crippen molar-refractivity contribution in [2.45, 2.75) is 18.9 Å². The molecule has 2 nitrogen and oxygen atoms in total. The molecule has 1 heterocycles. The Kier molecular flexibility index (Phi) is 1.81. The molecule has 0 spiro atoms. The van der Waals surface area contributed by atoms with Gasteiger partial charge in [0, 0.05) is 24.8 Å². The van der Waals surface area contributed by atoms with E-state index >= 15 is 0 Å². The van der Waals surface area contributed by atoms with Crippen molar-refractivity contribution in [2.75, 3.05) is 18.5 Å². The van der Waals surface area contributed by atoms with Crippen LogP contribution in [0, 0.1) is 0 Å². The van der Waals surface area contributed by atoms with Crippen LogP contribution in [0.4, 0.5) is 5.69 Å². The first kappa shape index (κ1) is 8.57. The molecule has 0 radical (unpaired) electrons. The van der Waals surface area contributed by atoms with Gasteiger partial charge in [0.05, 0.1) is 0 Å². The first-order valence-electron chi connectivity index (χ1n) is 4.71. The molecule has 0 saturated carbocycles. The molecule has 0 saturated heterocycles. The summed E-state index contributed by atoms with van der Waals surface area (Å²) in [5.74, 6) is 0. The van der Waals surface area contributed by atoms with Crippen LogP contribution in [0.15, 0.2) is 24.3 Å². The van der Waals surface area contributed by atoms with Gasteiger partial charge in [-0.2, -0.15) is 0 Å². The molecule has 0 amide bonds. The number of rotatable bonds is 0. The molecule has 2 rings (SSSR count). The van der Waals surface area contributed by atoms with E-state index in [1.54, 1.807) is 0 Å². The number of hydrogen-bond acceptors (Lipinski definition) is 2. The van der Waals surface area contributed by atoms with Crippen LogP contribution in [0.3, 0.4) is 0 Å². The van der Waals surface area contributed by atoms with Crippen molar-refractivity contribution in [2.24, 2.45) is 5.73 Å². The van der Waals surface area contributed by atoms with Crippen molar-refractivity contribution >= 4 is 5.69 Å². The summed E-state index contributed by atoms with van der Waals surface area (Å²) in [5.41, 5.74) is 8.62. The number of nitrogens with zero attached hydrogens (tertiary/aromatic N) is 1. The normalized spacial score (nSPS) is 27.2. The monoisotopic (exact) mass is 176 g/mol. The van der Waals surface area contributed by atoms with E-state index in [1.165, 1.54) is 11.3 Å². The number of hydrogen-bond donors (Lipinski definition) is 1. The zero-order valence-corrected chi connectivity index (χ0v) is 8.25. The van der Waals surface area contributed by atoms with E-state index in [9.17, 15) is 0 Å². The Hall–Kier alpha value is -1.02. The summed E-state index contributed by atoms with van der Waals surface area (Å²) in [6, 6.07) is 8.39. The lowest BCUT2D eigenvalue weighted by Gasteiger charge is -2.38. The minimum Gasteiger partial charge on any atom is -0.374 e. The van der Waals surface area contributed by atoms with Crippen molar-refractivity contribution in [1.82, 2.24) is 0 Å². The number of para-hydroxylation sites is 1. The summed E-state index contributed by atoms with van der Waals surface area (Å²) in [7, 11) is 2.12. The summed E-state index contributed by atoms with van der Waals surface area (Å²) in [6.45, 7) is 3.16. The molecule has 0 fully saturated rings. The van der Waals surface area contributed by atoms with E-state index in [-0.39, 0.29) is 5.54 Å². The van der Waals surface area contributed by atoms with E-state index in [0.29, 0.717) is 0 Å². The van der Waals surface area contributed by atoms with Crippen LogP contribution in [0.2, 0.25) is 0 Å². The highest BCUT2D eigenvalue weighted by Crippen LogP contribution is 2.34. The predicted molar refractivity (Wildman–Crippen MR) is 55.9 cm³/mol. The van der Waals surface area contributed by atoms with Gasteiger partial charge in [0.1, 0.15) is 0 Å². The maximum absolute atomic E-state index is 6.22. The third-order valence-corrected chi connectivity index (χ3v) is 2.90. The molecular weight excluding hydrogens is 160 g/mol. The van der Waals surface area contributed by atoms with Crippen LogP contribution >= 0.6 is 0 Å². The highest BCUT2D eigenvalue weighted by molar-refractivity contribution is 5.57. The number of nitrogens with two attached hydrogens (primary N) is 1. The predicted octanol–water partition coefficient (Wildman–Crippen LogP) is 1.70. The molecule has 1 aromatic carbocycles. The lowest BCUT2D eigenvalue weighted by molar-refractivity contribution is 0.437. The van der Waals surface area contributed by atoms with Gasteiger partial charge in [-0.15, -0.1) is 0 Å². The fourth-order valence-corrected chi connectivity index (χ4v) is 1.94. The lowest BCUT2D eigenvalue weighted by Crippen LogP contribution is -2.42. The summed E-state index contributed by atoms with van der Waals surface area (Å²) in [5, 5.41) is 0. The Labute approximate surface area is 79.4 Å². The largest absolute Gasteiger partial charge is 0.374 e. The van der Waals surface area contributed by atoms with Crippen LogP contribution in [-0.4, -0.2) is 13.6 Å². The van der Waals surface area contributed by atoms with Gasteiger partial charge in [-0.25, -0.2) is 0 Å². The van der Waals surface area contributed by atoms with Crippen molar-refractivity contribution in [1.29, 1.82) is 0 Å². The quantitative estimate of drug-likeness (QED) is 0.652. The number of anilines is 1. The van der Waals surface area contributed by atoms with Crippen LogP contribution < -0.4 is 10.6 Å². The Morgan fingerprint density at radius 1 is 1.38 bits per heavy atom. The molecule has 1 aromatic rings. The van der Waals surface area contributed by atoms with Gasteiger partial charge in [-0.05, 0) is 25.0 Å². The fraction of sp³-hybridized carbons (Fsp3) is 0.455. The lowest BCUT2D eigenvalue weighted by atomic mass is 9.85. The molecule has 13 heavy (non-hydrogen) atoms. The van der Waals surface area contributed by atoms with Gasteiger partial charge in [-0.3, -0.25) is 0 Å². The molecule has 70 valence electrons. The second kappa shape index (κ2) is 2.74. The standard InChI is InChI=1S/C11H16N2/c1-11(12)7-8-13(2)10-6-4-3-5-9(10)11/h3-6H,7-8,12H2,1-2H3/t11-/m0/s1. The molecule has 1 atom stereocenters. The minimum absolute atomic E-state index is 0.150. The third kappa shape index (κ3) is 1.31. The maximum Gasteiger partial charge on any atom is 0.0418 e. The zero-order valence-electron chi connectivity index (χ0n) is 8.25. The molecule has 1 aliphatic heterocycles. The summed E-state index contributed by atoms with van der Waals surface area (Å²) in [6.07, 6.45) is 1.03. The molecule has 2 N–H and O–H groups in total. The average Bonchev–Trinajstić information content (AvgIpc) is 2.13. The Balaban J connectivity index is 2.55. The second-order valence-corrected chi connectivity index (χ2v) is 4.11. The molecule has 2 heteroatoms. The van der Waals surface area contributed by atoms with Crippen molar-refractivity contribution in [3.63, 3.8) is 0 Å². The van der Waals surface area contributed by atoms with Crippen LogP contribution in [0.25, 0.3) is 0 Å². The molecule has 0 aliphatic carbocycles. The topological polar surface area (TPSA) is 29.3 Å². The SMILES string of the molecule is CN1CC[C@](C)(N)c2ccccc21. The molecular formula is C11H16N2. The summed E-state index contributed by atoms with van der Waals surface area (Å²) in [4.78, 5) is 2.27. The second-order valence-electron chi connectivity index (χ2n) is 4.11. The van der Waals surface area contributed by atoms with E-state index in [0.717, 1.165) is 13.0 Å². The Morgan fingerprint density at radius 2 is 2.08 bits per heavy atom. The Morgan fingerprint density at radius 3 is 2.77 bits per heavy atom. The minimum atomic E-state index is -0.150. The molecule has 0 unspecified atom stereocenters. The van der Waals surface area contributed by atoms with Crippen LogP contribution in [-0.2, 0) is 5.54 Å². The maximum atomic E-state index is 6.22. The van der Waals surface area contributed by atoms with E-state index in [1.807, 2.05) is 0 Å². The first-order valence-corrected chi connectivity index (χ1v) is 4.71. The highest BCUT2D eigenvalue weighted by atomic mass is 15.1. The zero-order chi connectivity index (χ0) is 9.47. The average molecular weight is 176 g/mol. The van der Waals surface area contributed by atoms with Gasteiger partial charge in [0.15, 0.2) is 0 Å². The van der Waals surface area contributed by atoms with E-state index in [4.69, 9.17) is 5.73 Å². The van der Waals surface area contributed by atoms with Gasteiger partial charge in [0.25, 0.3) is 0 Å². The highest BCUT2D eigenvalue weighted by Gasteiger charge is 2.29. The number of fused-ring (bicyclic) bond motifs is 1. The summed E-state index contributed by atoms with van der Waals surface area (Å²) < 4.78 is 0. The van der Waals surface area contributed by atoms with E-state index < -0.39 is 0 Å². The van der Waals surface area contributed by atoms with Crippen molar-refractivity contribution < 1.29 is 0 Å². The van der Waals surface area contributed by atoms with Gasteiger partial charge in [-0.1, -0.05) is 18.2 Å². The molecule has 1 aliphatic rings. The van der Waals surface area contributed by atoms with Crippen molar-refractivity contribution in [3.8, 4) is 0 Å². The van der Waals surface area contributed by atoms with Crippen molar-refractivity contribution in [3.05, 3.63) is 29.8 Å². The summed E-state index contributed by atoms with van der Waals surface area (Å²) >= 11 is 0. The smallest absolute Gasteiger partial charge is 0.0418 e.